The van der Waals surface area contributed by atoms with Crippen LogP contribution in [0.3, 0.4) is 0 Å². The zero-order valence-electron chi connectivity index (χ0n) is 16.1. The van der Waals surface area contributed by atoms with E-state index in [0.29, 0.717) is 24.2 Å². The third-order valence-electron chi connectivity index (χ3n) is 5.28. The molecule has 0 saturated carbocycles. The van der Waals surface area contributed by atoms with Gasteiger partial charge in [-0.1, -0.05) is 18.2 Å². The van der Waals surface area contributed by atoms with Crippen molar-refractivity contribution in [2.75, 3.05) is 20.1 Å². The normalized spacial score (nSPS) is 17.7. The number of hydrogen-bond acceptors (Lipinski definition) is 3. The quantitative estimate of drug-likeness (QED) is 0.899. The molecule has 1 aromatic carbocycles. The Labute approximate surface area is 158 Å². The first-order valence-electron chi connectivity index (χ1n) is 9.30. The van der Waals surface area contributed by atoms with Gasteiger partial charge in [-0.05, 0) is 50.9 Å². The summed E-state index contributed by atoms with van der Waals surface area (Å²) in [6.07, 6.45) is 1.80. The Bertz CT molecular complexity index is 893. The number of amides is 1. The third kappa shape index (κ3) is 4.27. The summed E-state index contributed by atoms with van der Waals surface area (Å²) >= 11 is 0. The second kappa shape index (κ2) is 8.05. The molecule has 5 nitrogen and oxygen atoms in total. The van der Waals surface area contributed by atoms with Gasteiger partial charge >= 0.3 is 0 Å². The van der Waals surface area contributed by atoms with E-state index in [2.05, 4.69) is 9.88 Å². The molecule has 3 rings (SSSR count). The number of aromatic nitrogens is 1. The minimum absolute atomic E-state index is 0.00173. The van der Waals surface area contributed by atoms with E-state index in [9.17, 15) is 14.0 Å². The highest BCUT2D eigenvalue weighted by atomic mass is 19.1. The van der Waals surface area contributed by atoms with Gasteiger partial charge in [0, 0.05) is 37.4 Å². The highest BCUT2D eigenvalue weighted by Crippen LogP contribution is 2.20. The van der Waals surface area contributed by atoms with E-state index in [1.807, 2.05) is 12.1 Å². The van der Waals surface area contributed by atoms with Gasteiger partial charge in [-0.2, -0.15) is 0 Å². The molecule has 0 radical (unpaired) electrons. The maximum absolute atomic E-state index is 13.9. The third-order valence-corrected chi connectivity index (χ3v) is 5.28. The number of carbonyl (C=O) groups excluding carboxylic acids is 1. The van der Waals surface area contributed by atoms with Crippen LogP contribution in [0, 0.1) is 19.7 Å². The number of H-pyrrole nitrogens is 1. The van der Waals surface area contributed by atoms with Crippen LogP contribution in [0.4, 0.5) is 4.39 Å². The first kappa shape index (κ1) is 19.3. The Kier molecular flexibility index (Phi) is 5.75. The zero-order chi connectivity index (χ0) is 19.6. The average molecular weight is 371 g/mol. The monoisotopic (exact) mass is 371 g/mol. The van der Waals surface area contributed by atoms with Crippen molar-refractivity contribution in [3.63, 3.8) is 0 Å². The number of halogens is 1. The van der Waals surface area contributed by atoms with Crippen molar-refractivity contribution in [2.24, 2.45) is 0 Å². The van der Waals surface area contributed by atoms with Gasteiger partial charge in [0.1, 0.15) is 11.4 Å². The number of likely N-dealkylation sites (tertiary alicyclic amines) is 1. The highest BCUT2D eigenvalue weighted by Gasteiger charge is 2.29. The summed E-state index contributed by atoms with van der Waals surface area (Å²) < 4.78 is 13.9. The van der Waals surface area contributed by atoms with Gasteiger partial charge in [-0.15, -0.1) is 0 Å². The summed E-state index contributed by atoms with van der Waals surface area (Å²) in [4.78, 5) is 31.8. The van der Waals surface area contributed by atoms with E-state index in [1.54, 1.807) is 37.9 Å². The molecular weight excluding hydrogens is 345 g/mol. The molecule has 1 aliphatic rings. The Balaban J connectivity index is 1.73. The van der Waals surface area contributed by atoms with Crippen molar-refractivity contribution in [1.82, 2.24) is 14.8 Å². The Morgan fingerprint density at radius 2 is 2.07 bits per heavy atom. The number of likely N-dealkylation sites (N-methyl/N-ethyl adjacent to an activating group) is 1. The molecule has 1 aromatic heterocycles. The minimum atomic E-state index is -0.344. The lowest BCUT2D eigenvalue weighted by atomic mass is 10.0. The first-order valence-corrected chi connectivity index (χ1v) is 9.30. The molecule has 6 heteroatoms. The summed E-state index contributed by atoms with van der Waals surface area (Å²) in [5, 5.41) is 0. The molecule has 1 fully saturated rings. The van der Waals surface area contributed by atoms with Crippen LogP contribution in [-0.2, 0) is 6.54 Å². The van der Waals surface area contributed by atoms with Gasteiger partial charge in [0.25, 0.3) is 11.5 Å². The summed E-state index contributed by atoms with van der Waals surface area (Å²) in [6.45, 7) is 5.65. The van der Waals surface area contributed by atoms with Crippen molar-refractivity contribution < 1.29 is 9.18 Å². The molecule has 1 aliphatic heterocycles. The molecule has 0 spiro atoms. The van der Waals surface area contributed by atoms with E-state index in [1.165, 1.54) is 6.07 Å². The number of nitrogens with zero attached hydrogens (tertiary/aromatic N) is 2. The second-order valence-corrected chi connectivity index (χ2v) is 7.38. The topological polar surface area (TPSA) is 56.4 Å². The lowest BCUT2D eigenvalue weighted by Gasteiger charge is -2.37. The molecule has 1 N–H and O–H groups in total. The number of pyridine rings is 1. The van der Waals surface area contributed by atoms with E-state index in [-0.39, 0.29) is 28.9 Å². The summed E-state index contributed by atoms with van der Waals surface area (Å²) in [5.41, 5.74) is 1.95. The lowest BCUT2D eigenvalue weighted by molar-refractivity contribution is 0.0605. The van der Waals surface area contributed by atoms with Gasteiger partial charge in [0.05, 0.1) is 0 Å². The summed E-state index contributed by atoms with van der Waals surface area (Å²) in [6, 6.07) is 8.60. The fraction of sp³-hybridized carbons (Fsp3) is 0.429. The summed E-state index contributed by atoms with van der Waals surface area (Å²) in [5.74, 6) is -0.461. The van der Waals surface area contributed by atoms with Crippen molar-refractivity contribution in [1.29, 1.82) is 0 Å². The maximum atomic E-state index is 13.9. The van der Waals surface area contributed by atoms with Crippen LogP contribution in [0.15, 0.2) is 35.1 Å². The Hall–Kier alpha value is -2.47. The molecule has 27 heavy (non-hydrogen) atoms. The largest absolute Gasteiger partial charge is 0.337 e. The van der Waals surface area contributed by atoms with Crippen molar-refractivity contribution in [3.05, 3.63) is 68.9 Å². The molecule has 144 valence electrons. The van der Waals surface area contributed by atoms with Crippen LogP contribution >= 0.6 is 0 Å². The predicted octanol–water partition coefficient (Wildman–Crippen LogP) is 2.87. The molecule has 2 aromatic rings. The zero-order valence-corrected chi connectivity index (χ0v) is 16.1. The number of carbonyl (C=O) groups is 1. The van der Waals surface area contributed by atoms with Crippen molar-refractivity contribution in [2.45, 2.75) is 39.3 Å². The van der Waals surface area contributed by atoms with Crippen LogP contribution in [-0.4, -0.2) is 46.9 Å². The van der Waals surface area contributed by atoms with Crippen molar-refractivity contribution in [3.8, 4) is 0 Å². The number of piperidine rings is 1. The van der Waals surface area contributed by atoms with Crippen LogP contribution in [0.5, 0.6) is 0 Å². The Morgan fingerprint density at radius 3 is 2.78 bits per heavy atom. The van der Waals surface area contributed by atoms with E-state index < -0.39 is 0 Å². The molecule has 0 bridgehead atoms. The Morgan fingerprint density at radius 1 is 1.33 bits per heavy atom. The number of rotatable bonds is 4. The van der Waals surface area contributed by atoms with Crippen LogP contribution in [0.25, 0.3) is 0 Å². The van der Waals surface area contributed by atoms with Gasteiger partial charge in [-0.3, -0.25) is 14.5 Å². The molecular formula is C21H26FN3O2. The fourth-order valence-corrected chi connectivity index (χ4v) is 3.82. The van der Waals surface area contributed by atoms with E-state index in [4.69, 9.17) is 0 Å². The number of benzene rings is 1. The molecule has 1 amide bonds. The molecule has 2 heterocycles. The summed E-state index contributed by atoms with van der Waals surface area (Å²) in [7, 11) is 1.75. The van der Waals surface area contributed by atoms with Crippen LogP contribution in [0.1, 0.15) is 40.0 Å². The van der Waals surface area contributed by atoms with Gasteiger partial charge in [0.15, 0.2) is 0 Å². The number of nitrogens with one attached hydrogen (secondary N) is 1. The predicted molar refractivity (Wildman–Crippen MR) is 103 cm³/mol. The SMILES string of the molecule is Cc1cc(C)c(C(=O)N(C)C2CCCN(Cc3ccccc3F)C2)c(=O)[nH]1. The van der Waals surface area contributed by atoms with Gasteiger partial charge in [0.2, 0.25) is 0 Å². The standard InChI is InChI=1S/C21H26FN3O2/c1-14-11-15(2)23-20(26)19(14)21(27)24(3)17-8-6-10-25(13-17)12-16-7-4-5-9-18(16)22/h4-5,7,9,11,17H,6,8,10,12-13H2,1-3H3,(H,23,26). The van der Waals surface area contributed by atoms with Crippen molar-refractivity contribution >= 4 is 5.91 Å². The maximum Gasteiger partial charge on any atom is 0.261 e. The molecule has 1 saturated heterocycles. The number of hydrogen-bond donors (Lipinski definition) is 1. The molecule has 1 unspecified atom stereocenters. The highest BCUT2D eigenvalue weighted by molar-refractivity contribution is 5.95. The first-order chi connectivity index (χ1) is 12.9. The van der Waals surface area contributed by atoms with Gasteiger partial charge < -0.3 is 9.88 Å². The lowest BCUT2D eigenvalue weighted by Crippen LogP contribution is -2.49. The average Bonchev–Trinajstić information content (AvgIpc) is 2.62. The number of aromatic amines is 1. The van der Waals surface area contributed by atoms with Crippen LogP contribution < -0.4 is 5.56 Å². The number of aryl methyl sites for hydroxylation is 2. The second-order valence-electron chi connectivity index (χ2n) is 7.38. The van der Waals surface area contributed by atoms with Gasteiger partial charge in [-0.25, -0.2) is 4.39 Å². The van der Waals surface area contributed by atoms with Crippen LogP contribution in [0.2, 0.25) is 0 Å². The van der Waals surface area contributed by atoms with E-state index >= 15 is 0 Å². The molecule has 1 atom stereocenters. The molecule has 0 aliphatic carbocycles. The fourth-order valence-electron chi connectivity index (χ4n) is 3.82. The minimum Gasteiger partial charge on any atom is -0.337 e. The smallest absolute Gasteiger partial charge is 0.261 e. The van der Waals surface area contributed by atoms with E-state index in [0.717, 1.165) is 25.1 Å².